The van der Waals surface area contributed by atoms with Crippen LogP contribution in [0.4, 0.5) is 0 Å². The number of ether oxygens (including phenoxy) is 2. The summed E-state index contributed by atoms with van der Waals surface area (Å²) >= 11 is 1.60. The van der Waals surface area contributed by atoms with Crippen molar-refractivity contribution in [1.29, 1.82) is 0 Å². The summed E-state index contributed by atoms with van der Waals surface area (Å²) in [7, 11) is 1.42. The molecule has 0 saturated carbocycles. The van der Waals surface area contributed by atoms with Crippen LogP contribution in [0.15, 0.2) is 41.4 Å². The van der Waals surface area contributed by atoms with Gasteiger partial charge in [-0.1, -0.05) is 30.3 Å². The summed E-state index contributed by atoms with van der Waals surface area (Å²) in [6.45, 7) is 4.41. The lowest BCUT2D eigenvalue weighted by molar-refractivity contribution is -0.144. The summed E-state index contributed by atoms with van der Waals surface area (Å²) in [6, 6.07) is 11.9. The first-order valence-corrected chi connectivity index (χ1v) is 9.94. The van der Waals surface area contributed by atoms with Gasteiger partial charge in [-0.3, -0.25) is 15.1 Å². The number of thioether (sulfide) groups is 1. The van der Waals surface area contributed by atoms with Gasteiger partial charge < -0.3 is 9.47 Å². The number of methoxy groups -OCH3 is 1. The number of nitrogens with one attached hydrogen (secondary N) is 1. The van der Waals surface area contributed by atoms with E-state index in [0.717, 1.165) is 27.8 Å². The summed E-state index contributed by atoms with van der Waals surface area (Å²) in [5.41, 5.74) is 1.64. The van der Waals surface area contributed by atoms with Gasteiger partial charge in [0.2, 0.25) is 0 Å². The third-order valence-corrected chi connectivity index (χ3v) is 5.33. The van der Waals surface area contributed by atoms with E-state index in [0.29, 0.717) is 6.61 Å². The second-order valence-electron chi connectivity index (χ2n) is 6.14. The number of aliphatic imine (C=N–C) groups is 1. The van der Waals surface area contributed by atoms with E-state index in [1.165, 1.54) is 7.11 Å². The van der Waals surface area contributed by atoms with E-state index in [9.17, 15) is 4.79 Å². The number of esters is 1. The topological polar surface area (TPSA) is 59.9 Å². The average Bonchev–Trinajstić information content (AvgIpc) is 2.66. The summed E-state index contributed by atoms with van der Waals surface area (Å²) < 4.78 is 11.0. The standard InChI is InChI=1S/C20H24N2O3S/c1-5-25-15-11-10-13-8-6-7-9-14(13)17(15)18-16(19(23)24-3)12(2)21-20(22-18)26-4/h6-11,16,18,20,22H,5H2,1-4H3/t16-,18-,20-/m0/s1. The number of fused-ring (bicyclic) bond motifs is 1. The molecule has 26 heavy (non-hydrogen) atoms. The fourth-order valence-corrected chi connectivity index (χ4v) is 4.03. The van der Waals surface area contributed by atoms with Crippen molar-refractivity contribution in [2.75, 3.05) is 20.0 Å². The predicted molar refractivity (Wildman–Crippen MR) is 107 cm³/mol. The zero-order valence-corrected chi connectivity index (χ0v) is 16.3. The highest BCUT2D eigenvalue weighted by Gasteiger charge is 2.39. The van der Waals surface area contributed by atoms with Crippen LogP contribution in [-0.4, -0.2) is 37.2 Å². The Labute approximate surface area is 158 Å². The molecule has 5 nitrogen and oxygen atoms in total. The number of nitrogens with zero attached hydrogens (tertiary/aromatic N) is 1. The Kier molecular flexibility index (Phi) is 5.84. The van der Waals surface area contributed by atoms with Crippen LogP contribution < -0.4 is 10.1 Å². The summed E-state index contributed by atoms with van der Waals surface area (Å²) in [5.74, 6) is -0.000691. The summed E-state index contributed by atoms with van der Waals surface area (Å²) in [6.07, 6.45) is 2.00. The lowest BCUT2D eigenvalue weighted by Gasteiger charge is -2.35. The quantitative estimate of drug-likeness (QED) is 0.810. The Bertz CT molecular complexity index is 837. The number of hydrogen-bond acceptors (Lipinski definition) is 6. The molecule has 2 aromatic carbocycles. The van der Waals surface area contributed by atoms with Crippen LogP contribution in [0.5, 0.6) is 5.75 Å². The molecule has 3 rings (SSSR count). The molecule has 2 aromatic rings. The van der Waals surface area contributed by atoms with Gasteiger partial charge in [-0.25, -0.2) is 0 Å². The number of rotatable bonds is 5. The third-order valence-electron chi connectivity index (χ3n) is 4.65. The zero-order valence-electron chi connectivity index (χ0n) is 15.5. The van der Waals surface area contributed by atoms with Crippen molar-refractivity contribution in [2.45, 2.75) is 25.4 Å². The van der Waals surface area contributed by atoms with Gasteiger partial charge in [0.05, 0.1) is 19.8 Å². The highest BCUT2D eigenvalue weighted by Crippen LogP contribution is 2.40. The Balaban J connectivity index is 2.22. The van der Waals surface area contributed by atoms with Crippen LogP contribution in [0.1, 0.15) is 25.5 Å². The molecule has 0 aromatic heterocycles. The Morgan fingerprint density at radius 2 is 2.04 bits per heavy atom. The van der Waals surface area contributed by atoms with E-state index in [-0.39, 0.29) is 17.5 Å². The summed E-state index contributed by atoms with van der Waals surface area (Å²) in [5, 5.41) is 5.68. The largest absolute Gasteiger partial charge is 0.494 e. The van der Waals surface area contributed by atoms with Crippen LogP contribution >= 0.6 is 11.8 Å². The number of benzene rings is 2. The molecule has 0 spiro atoms. The molecular weight excluding hydrogens is 348 g/mol. The minimum absolute atomic E-state index is 0.116. The van der Waals surface area contributed by atoms with Crippen molar-refractivity contribution >= 4 is 34.2 Å². The van der Waals surface area contributed by atoms with E-state index >= 15 is 0 Å². The Morgan fingerprint density at radius 1 is 1.27 bits per heavy atom. The monoisotopic (exact) mass is 372 g/mol. The van der Waals surface area contributed by atoms with E-state index in [2.05, 4.69) is 22.4 Å². The third kappa shape index (κ3) is 3.44. The van der Waals surface area contributed by atoms with Gasteiger partial charge in [-0.15, -0.1) is 11.8 Å². The predicted octanol–water partition coefficient (Wildman–Crippen LogP) is 3.78. The molecule has 0 aliphatic carbocycles. The molecule has 0 radical (unpaired) electrons. The second kappa shape index (κ2) is 8.10. The van der Waals surface area contributed by atoms with Gasteiger partial charge >= 0.3 is 5.97 Å². The minimum atomic E-state index is -0.492. The molecule has 138 valence electrons. The van der Waals surface area contributed by atoms with Crippen LogP contribution in [0, 0.1) is 5.92 Å². The first-order chi connectivity index (χ1) is 12.6. The van der Waals surface area contributed by atoms with E-state index in [1.807, 2.05) is 44.4 Å². The first-order valence-electron chi connectivity index (χ1n) is 8.66. The smallest absolute Gasteiger partial charge is 0.316 e. The number of carbonyl (C=O) groups is 1. The van der Waals surface area contributed by atoms with Gasteiger partial charge in [0.15, 0.2) is 0 Å². The maximum atomic E-state index is 12.6. The highest BCUT2D eigenvalue weighted by atomic mass is 32.2. The lowest BCUT2D eigenvalue weighted by atomic mass is 9.85. The first kappa shape index (κ1) is 18.7. The Morgan fingerprint density at radius 3 is 2.73 bits per heavy atom. The van der Waals surface area contributed by atoms with Crippen LogP contribution in [0.25, 0.3) is 10.8 Å². The molecule has 6 heteroatoms. The molecule has 1 N–H and O–H groups in total. The van der Waals surface area contributed by atoms with Crippen molar-refractivity contribution < 1.29 is 14.3 Å². The second-order valence-corrected chi connectivity index (χ2v) is 7.05. The fourth-order valence-electron chi connectivity index (χ4n) is 3.48. The average molecular weight is 372 g/mol. The van der Waals surface area contributed by atoms with Crippen LogP contribution in [-0.2, 0) is 9.53 Å². The molecule has 1 aliphatic rings. The molecule has 0 fully saturated rings. The van der Waals surface area contributed by atoms with Crippen molar-refractivity contribution in [1.82, 2.24) is 5.32 Å². The Hall–Kier alpha value is -2.05. The summed E-state index contributed by atoms with van der Waals surface area (Å²) in [4.78, 5) is 17.2. The van der Waals surface area contributed by atoms with E-state index in [1.54, 1.807) is 11.8 Å². The minimum Gasteiger partial charge on any atom is -0.494 e. The molecule has 0 unspecified atom stereocenters. The van der Waals surface area contributed by atoms with Gasteiger partial charge in [-0.2, -0.15) is 0 Å². The lowest BCUT2D eigenvalue weighted by Crippen LogP contribution is -2.45. The molecule has 3 atom stereocenters. The van der Waals surface area contributed by atoms with Gasteiger partial charge in [0.25, 0.3) is 0 Å². The van der Waals surface area contributed by atoms with Crippen molar-refractivity contribution in [3.63, 3.8) is 0 Å². The zero-order chi connectivity index (χ0) is 18.7. The molecule has 0 amide bonds. The molecule has 0 bridgehead atoms. The van der Waals surface area contributed by atoms with E-state index < -0.39 is 5.92 Å². The van der Waals surface area contributed by atoms with E-state index in [4.69, 9.17) is 9.47 Å². The van der Waals surface area contributed by atoms with Crippen LogP contribution in [0.3, 0.4) is 0 Å². The van der Waals surface area contributed by atoms with Crippen molar-refractivity contribution in [3.05, 3.63) is 42.0 Å². The number of hydrogen-bond donors (Lipinski definition) is 1. The molecular formula is C20H24N2O3S. The van der Waals surface area contributed by atoms with Crippen molar-refractivity contribution in [2.24, 2.45) is 10.9 Å². The maximum absolute atomic E-state index is 12.6. The normalized spacial score (nSPS) is 22.8. The SMILES string of the molecule is CCOc1ccc2ccccc2c1[C@H]1N[C@@H](SC)N=C(C)[C@@H]1C(=O)OC. The molecule has 0 saturated heterocycles. The van der Waals surface area contributed by atoms with Crippen LogP contribution in [0.2, 0.25) is 0 Å². The fraction of sp³-hybridized carbons (Fsp3) is 0.400. The molecule has 1 heterocycles. The van der Waals surface area contributed by atoms with Gasteiger partial charge in [0.1, 0.15) is 17.2 Å². The number of carbonyl (C=O) groups excluding carboxylic acids is 1. The van der Waals surface area contributed by atoms with Gasteiger partial charge in [-0.05, 0) is 36.9 Å². The molecule has 1 aliphatic heterocycles. The highest BCUT2D eigenvalue weighted by molar-refractivity contribution is 7.99. The maximum Gasteiger partial charge on any atom is 0.316 e. The van der Waals surface area contributed by atoms with Gasteiger partial charge in [0, 0.05) is 11.3 Å². The van der Waals surface area contributed by atoms with Crippen molar-refractivity contribution in [3.8, 4) is 5.75 Å².